The lowest BCUT2D eigenvalue weighted by Crippen LogP contribution is -2.41. The normalized spacial score (nSPS) is 16.9. The molecular weight excluding hydrogens is 299 g/mol. The Morgan fingerprint density at radius 1 is 1.25 bits per heavy atom. The van der Waals surface area contributed by atoms with E-state index in [-0.39, 0.29) is 22.1 Å². The Morgan fingerprint density at radius 2 is 1.90 bits per heavy atom. The maximum Gasteiger partial charge on any atom is 0.191 e. The van der Waals surface area contributed by atoms with Crippen LogP contribution in [0.5, 0.6) is 5.75 Å². The van der Waals surface area contributed by atoms with Gasteiger partial charge in [-0.3, -0.25) is 4.79 Å². The SMILES string of the molecule is CN1CCN(/C=C/C(=O)c2cc(Cl)cc(Cl)c2O)CC1. The number of halogens is 2. The summed E-state index contributed by atoms with van der Waals surface area (Å²) in [6, 6.07) is 2.82. The predicted molar refractivity (Wildman–Crippen MR) is 80.7 cm³/mol. The molecule has 1 aromatic carbocycles. The van der Waals surface area contributed by atoms with E-state index >= 15 is 0 Å². The van der Waals surface area contributed by atoms with E-state index in [2.05, 4.69) is 16.8 Å². The first-order chi connectivity index (χ1) is 9.47. The quantitative estimate of drug-likeness (QED) is 0.688. The molecule has 0 saturated carbocycles. The molecular formula is C14H16Cl2N2O2. The molecule has 1 aromatic rings. The van der Waals surface area contributed by atoms with Gasteiger partial charge in [-0.05, 0) is 19.2 Å². The molecule has 0 aliphatic carbocycles. The van der Waals surface area contributed by atoms with Crippen LogP contribution in [0.15, 0.2) is 24.4 Å². The summed E-state index contributed by atoms with van der Waals surface area (Å²) in [5, 5.41) is 10.2. The van der Waals surface area contributed by atoms with Crippen LogP contribution in [0.25, 0.3) is 0 Å². The number of carbonyl (C=O) groups excluding carboxylic acids is 1. The number of phenolic OH excluding ortho intramolecular Hbond substituents is 1. The fourth-order valence-corrected chi connectivity index (χ4v) is 2.48. The third-order valence-corrected chi connectivity index (χ3v) is 3.77. The zero-order valence-corrected chi connectivity index (χ0v) is 12.7. The van der Waals surface area contributed by atoms with Crippen LogP contribution in [0.1, 0.15) is 10.4 Å². The number of carbonyl (C=O) groups is 1. The molecule has 0 aromatic heterocycles. The highest BCUT2D eigenvalue weighted by Gasteiger charge is 2.14. The smallest absolute Gasteiger partial charge is 0.191 e. The molecule has 2 rings (SSSR count). The van der Waals surface area contributed by atoms with Crippen molar-refractivity contribution in [2.45, 2.75) is 0 Å². The number of piperazine rings is 1. The third-order valence-electron chi connectivity index (χ3n) is 3.27. The van der Waals surface area contributed by atoms with E-state index < -0.39 is 0 Å². The summed E-state index contributed by atoms with van der Waals surface area (Å²) in [5.74, 6) is -0.546. The van der Waals surface area contributed by atoms with Crippen molar-refractivity contribution in [2.24, 2.45) is 0 Å². The monoisotopic (exact) mass is 314 g/mol. The minimum Gasteiger partial charge on any atom is -0.506 e. The number of benzene rings is 1. The topological polar surface area (TPSA) is 43.8 Å². The number of aromatic hydroxyl groups is 1. The van der Waals surface area contributed by atoms with Gasteiger partial charge in [0.25, 0.3) is 0 Å². The third kappa shape index (κ3) is 3.66. The van der Waals surface area contributed by atoms with Gasteiger partial charge in [-0.15, -0.1) is 0 Å². The zero-order chi connectivity index (χ0) is 14.7. The fourth-order valence-electron chi connectivity index (χ4n) is 1.99. The molecule has 0 unspecified atom stereocenters. The van der Waals surface area contributed by atoms with Crippen molar-refractivity contribution in [1.29, 1.82) is 0 Å². The molecule has 0 spiro atoms. The van der Waals surface area contributed by atoms with Crippen LogP contribution in [0, 0.1) is 0 Å². The maximum absolute atomic E-state index is 12.1. The second-order valence-electron chi connectivity index (χ2n) is 4.80. The molecule has 1 fully saturated rings. The molecule has 0 atom stereocenters. The summed E-state index contributed by atoms with van der Waals surface area (Å²) >= 11 is 11.6. The Kier molecular flexibility index (Phi) is 4.91. The first-order valence-electron chi connectivity index (χ1n) is 6.30. The molecule has 4 nitrogen and oxygen atoms in total. The van der Waals surface area contributed by atoms with Gasteiger partial charge in [0, 0.05) is 43.5 Å². The Hall–Kier alpha value is -1.23. The summed E-state index contributed by atoms with van der Waals surface area (Å²) < 4.78 is 0. The second kappa shape index (κ2) is 6.48. The van der Waals surface area contributed by atoms with Gasteiger partial charge >= 0.3 is 0 Å². The number of likely N-dealkylation sites (N-methyl/N-ethyl adjacent to an activating group) is 1. The standard InChI is InChI=1S/C14H16Cl2N2O2/c1-17-4-6-18(7-5-17)3-2-13(19)11-8-10(15)9-12(16)14(11)20/h2-3,8-9,20H,4-7H2,1H3/b3-2+. The number of allylic oxidation sites excluding steroid dienone is 1. The Labute approximate surface area is 128 Å². The van der Waals surface area contributed by atoms with E-state index in [4.69, 9.17) is 23.2 Å². The van der Waals surface area contributed by atoms with E-state index in [9.17, 15) is 9.90 Å². The fraction of sp³-hybridized carbons (Fsp3) is 0.357. The lowest BCUT2D eigenvalue weighted by atomic mass is 10.1. The van der Waals surface area contributed by atoms with Gasteiger partial charge in [0.05, 0.1) is 10.6 Å². The van der Waals surface area contributed by atoms with Crippen molar-refractivity contribution in [3.8, 4) is 5.75 Å². The van der Waals surface area contributed by atoms with Crippen LogP contribution in [-0.4, -0.2) is 53.9 Å². The Bertz CT molecular complexity index is 538. The zero-order valence-electron chi connectivity index (χ0n) is 11.1. The predicted octanol–water partition coefficient (Wildman–Crippen LogP) is 2.64. The number of hydrogen-bond donors (Lipinski definition) is 1. The highest BCUT2D eigenvalue weighted by Crippen LogP contribution is 2.31. The largest absolute Gasteiger partial charge is 0.506 e. The molecule has 1 aliphatic heterocycles. The Morgan fingerprint density at radius 3 is 2.55 bits per heavy atom. The van der Waals surface area contributed by atoms with Gasteiger partial charge in [-0.1, -0.05) is 23.2 Å². The van der Waals surface area contributed by atoms with Crippen molar-refractivity contribution < 1.29 is 9.90 Å². The molecule has 0 bridgehead atoms. The van der Waals surface area contributed by atoms with Gasteiger partial charge in [0.2, 0.25) is 0 Å². The minimum atomic E-state index is -0.314. The van der Waals surface area contributed by atoms with Crippen LogP contribution < -0.4 is 0 Å². The van der Waals surface area contributed by atoms with E-state index in [1.165, 1.54) is 18.2 Å². The van der Waals surface area contributed by atoms with Crippen molar-refractivity contribution in [2.75, 3.05) is 33.2 Å². The number of hydrogen-bond acceptors (Lipinski definition) is 4. The Balaban J connectivity index is 2.08. The van der Waals surface area contributed by atoms with Gasteiger partial charge in [0.1, 0.15) is 5.75 Å². The van der Waals surface area contributed by atoms with Crippen LogP contribution in [0.3, 0.4) is 0 Å². The van der Waals surface area contributed by atoms with Crippen molar-refractivity contribution >= 4 is 29.0 Å². The van der Waals surface area contributed by atoms with Crippen molar-refractivity contribution in [3.63, 3.8) is 0 Å². The summed E-state index contributed by atoms with van der Waals surface area (Å²) in [7, 11) is 2.07. The van der Waals surface area contributed by atoms with E-state index in [1.807, 2.05) is 0 Å². The molecule has 20 heavy (non-hydrogen) atoms. The number of rotatable bonds is 3. The van der Waals surface area contributed by atoms with Crippen LogP contribution in [-0.2, 0) is 0 Å². The summed E-state index contributed by atoms with van der Waals surface area (Å²) in [4.78, 5) is 16.4. The highest BCUT2D eigenvalue weighted by atomic mass is 35.5. The molecule has 1 N–H and O–H groups in total. The first-order valence-corrected chi connectivity index (χ1v) is 7.06. The lowest BCUT2D eigenvalue weighted by Gasteiger charge is -2.31. The summed E-state index contributed by atoms with van der Waals surface area (Å²) in [6.07, 6.45) is 3.19. The van der Waals surface area contributed by atoms with E-state index in [0.29, 0.717) is 5.02 Å². The first kappa shape index (κ1) is 15.2. The van der Waals surface area contributed by atoms with Crippen molar-refractivity contribution in [1.82, 2.24) is 9.80 Å². The van der Waals surface area contributed by atoms with Crippen LogP contribution >= 0.6 is 23.2 Å². The molecule has 1 heterocycles. The molecule has 0 radical (unpaired) electrons. The summed E-state index contributed by atoms with van der Waals surface area (Å²) in [5.41, 5.74) is 0.118. The van der Waals surface area contributed by atoms with Crippen molar-refractivity contribution in [3.05, 3.63) is 40.0 Å². The highest BCUT2D eigenvalue weighted by molar-refractivity contribution is 6.36. The van der Waals surface area contributed by atoms with Gasteiger partial charge in [0.15, 0.2) is 5.78 Å². The lowest BCUT2D eigenvalue weighted by molar-refractivity contribution is 0.104. The average molecular weight is 315 g/mol. The molecule has 0 amide bonds. The summed E-state index contributed by atoms with van der Waals surface area (Å²) in [6.45, 7) is 3.69. The maximum atomic E-state index is 12.1. The number of nitrogens with zero attached hydrogens (tertiary/aromatic N) is 2. The van der Waals surface area contributed by atoms with Crippen LogP contribution in [0.4, 0.5) is 0 Å². The minimum absolute atomic E-state index is 0.0776. The molecule has 6 heteroatoms. The van der Waals surface area contributed by atoms with Gasteiger partial charge in [-0.25, -0.2) is 0 Å². The number of ketones is 1. The second-order valence-corrected chi connectivity index (χ2v) is 5.65. The molecule has 1 saturated heterocycles. The number of phenols is 1. The van der Waals surface area contributed by atoms with E-state index in [0.717, 1.165) is 26.2 Å². The average Bonchev–Trinajstić information content (AvgIpc) is 2.42. The van der Waals surface area contributed by atoms with Gasteiger partial charge in [-0.2, -0.15) is 0 Å². The molecule has 108 valence electrons. The van der Waals surface area contributed by atoms with Crippen LogP contribution in [0.2, 0.25) is 10.0 Å². The van der Waals surface area contributed by atoms with E-state index in [1.54, 1.807) is 6.20 Å². The van der Waals surface area contributed by atoms with Gasteiger partial charge < -0.3 is 14.9 Å². The molecule has 1 aliphatic rings.